The number of hydrogen-bond donors (Lipinski definition) is 0. The number of anilines is 1. The van der Waals surface area contributed by atoms with Crippen LogP contribution in [0.1, 0.15) is 32.1 Å². The average molecular weight is 283 g/mol. The van der Waals surface area contributed by atoms with Crippen molar-refractivity contribution in [3.63, 3.8) is 0 Å². The molecule has 1 aliphatic rings. The van der Waals surface area contributed by atoms with Crippen molar-refractivity contribution >= 4 is 17.4 Å². The highest BCUT2D eigenvalue weighted by atomic mass is 35.5. The summed E-state index contributed by atoms with van der Waals surface area (Å²) in [5, 5.41) is 0.616. The van der Waals surface area contributed by atoms with Crippen LogP contribution in [0.2, 0.25) is 5.02 Å². The van der Waals surface area contributed by atoms with E-state index >= 15 is 0 Å². The van der Waals surface area contributed by atoms with E-state index in [0.717, 1.165) is 24.9 Å². The fourth-order valence-corrected chi connectivity index (χ4v) is 2.95. The van der Waals surface area contributed by atoms with E-state index in [1.807, 2.05) is 7.05 Å². The van der Waals surface area contributed by atoms with Crippen LogP contribution < -0.4 is 4.90 Å². The minimum absolute atomic E-state index is 0.616. The zero-order valence-corrected chi connectivity index (χ0v) is 12.6. The predicted molar refractivity (Wildman–Crippen MR) is 79.8 cm³/mol. The van der Waals surface area contributed by atoms with Crippen molar-refractivity contribution < 1.29 is 0 Å². The second kappa shape index (κ2) is 7.06. The first-order chi connectivity index (χ1) is 9.18. The second-order valence-corrected chi connectivity index (χ2v) is 5.80. The molecule has 0 atom stereocenters. The van der Waals surface area contributed by atoms with E-state index in [9.17, 15) is 0 Å². The Balaban J connectivity index is 1.82. The molecule has 4 nitrogen and oxygen atoms in total. The molecule has 19 heavy (non-hydrogen) atoms. The fraction of sp³-hybridized carbons (Fsp3) is 0.714. The van der Waals surface area contributed by atoms with Gasteiger partial charge in [-0.2, -0.15) is 0 Å². The van der Waals surface area contributed by atoms with Crippen LogP contribution in [-0.4, -0.2) is 48.1 Å². The van der Waals surface area contributed by atoms with Crippen LogP contribution in [0.4, 0.5) is 5.82 Å². The van der Waals surface area contributed by atoms with Gasteiger partial charge in [-0.15, -0.1) is 0 Å². The number of halogens is 1. The standard InChI is InChI=1S/C14H23ClN4/c1-18(12-6-4-3-5-7-12)8-9-19(2)14-13(15)10-16-11-17-14/h10-12H,3-9H2,1-2H3. The molecule has 0 unspecified atom stereocenters. The van der Waals surface area contributed by atoms with Crippen molar-refractivity contribution in [3.05, 3.63) is 17.5 Å². The van der Waals surface area contributed by atoms with E-state index in [0.29, 0.717) is 5.02 Å². The number of rotatable bonds is 5. The lowest BCUT2D eigenvalue weighted by atomic mass is 9.94. The highest BCUT2D eigenvalue weighted by molar-refractivity contribution is 6.32. The van der Waals surface area contributed by atoms with Crippen LogP contribution in [0.15, 0.2) is 12.5 Å². The number of nitrogens with zero attached hydrogens (tertiary/aromatic N) is 4. The molecule has 5 heteroatoms. The Morgan fingerprint density at radius 1 is 1.21 bits per heavy atom. The van der Waals surface area contributed by atoms with Gasteiger partial charge in [0.15, 0.2) is 5.82 Å². The van der Waals surface area contributed by atoms with Crippen molar-refractivity contribution in [2.75, 3.05) is 32.1 Å². The summed E-state index contributed by atoms with van der Waals surface area (Å²) in [7, 11) is 4.26. The third kappa shape index (κ3) is 4.05. The minimum Gasteiger partial charge on any atom is -0.357 e. The highest BCUT2D eigenvalue weighted by Crippen LogP contribution is 2.22. The van der Waals surface area contributed by atoms with Crippen LogP contribution in [-0.2, 0) is 0 Å². The molecular weight excluding hydrogens is 260 g/mol. The Hall–Kier alpha value is -0.870. The summed E-state index contributed by atoms with van der Waals surface area (Å²) >= 11 is 6.10. The maximum absolute atomic E-state index is 6.10. The van der Waals surface area contributed by atoms with Gasteiger partial charge in [-0.05, 0) is 19.9 Å². The summed E-state index contributed by atoms with van der Waals surface area (Å²) in [6.45, 7) is 1.98. The Bertz CT molecular complexity index is 393. The molecule has 2 rings (SSSR count). The summed E-state index contributed by atoms with van der Waals surface area (Å²) in [4.78, 5) is 12.7. The number of hydrogen-bond acceptors (Lipinski definition) is 4. The Labute approximate surface area is 120 Å². The lowest BCUT2D eigenvalue weighted by molar-refractivity contribution is 0.196. The molecule has 1 saturated carbocycles. The number of aromatic nitrogens is 2. The Morgan fingerprint density at radius 2 is 1.95 bits per heavy atom. The fourth-order valence-electron chi connectivity index (χ4n) is 2.71. The summed E-state index contributed by atoms with van der Waals surface area (Å²) in [5.74, 6) is 0.814. The molecule has 0 amide bonds. The van der Waals surface area contributed by atoms with Crippen LogP contribution in [0.5, 0.6) is 0 Å². The van der Waals surface area contributed by atoms with Crippen LogP contribution in [0, 0.1) is 0 Å². The SMILES string of the molecule is CN(CCN(C)C1CCCCC1)c1ncncc1Cl. The van der Waals surface area contributed by atoms with Gasteiger partial charge in [0.25, 0.3) is 0 Å². The van der Waals surface area contributed by atoms with Gasteiger partial charge in [0.2, 0.25) is 0 Å². The summed E-state index contributed by atoms with van der Waals surface area (Å²) in [6.07, 6.45) is 10.0. The molecule has 0 N–H and O–H groups in total. The lowest BCUT2D eigenvalue weighted by Gasteiger charge is -2.32. The quantitative estimate of drug-likeness (QED) is 0.831. The smallest absolute Gasteiger partial charge is 0.150 e. The van der Waals surface area contributed by atoms with Crippen molar-refractivity contribution in [1.29, 1.82) is 0 Å². The molecule has 1 aliphatic carbocycles. The summed E-state index contributed by atoms with van der Waals surface area (Å²) in [6, 6.07) is 0.753. The largest absolute Gasteiger partial charge is 0.357 e. The van der Waals surface area contributed by atoms with E-state index in [1.54, 1.807) is 12.5 Å². The van der Waals surface area contributed by atoms with Gasteiger partial charge >= 0.3 is 0 Å². The molecule has 1 aromatic rings. The van der Waals surface area contributed by atoms with E-state index in [-0.39, 0.29) is 0 Å². The van der Waals surface area contributed by atoms with Gasteiger partial charge in [-0.1, -0.05) is 30.9 Å². The first-order valence-corrected chi connectivity index (χ1v) is 7.43. The van der Waals surface area contributed by atoms with Gasteiger partial charge < -0.3 is 9.80 Å². The maximum atomic E-state index is 6.10. The normalized spacial score (nSPS) is 16.8. The predicted octanol–water partition coefficient (Wildman–Crippen LogP) is 2.83. The van der Waals surface area contributed by atoms with Gasteiger partial charge in [0.1, 0.15) is 11.3 Å². The topological polar surface area (TPSA) is 32.3 Å². The molecular formula is C14H23ClN4. The molecule has 0 bridgehead atoms. The van der Waals surface area contributed by atoms with Crippen LogP contribution in [0.25, 0.3) is 0 Å². The lowest BCUT2D eigenvalue weighted by Crippen LogP contribution is -2.38. The van der Waals surface area contributed by atoms with Gasteiger partial charge in [-0.25, -0.2) is 9.97 Å². The molecule has 0 radical (unpaired) electrons. The number of likely N-dealkylation sites (N-methyl/N-ethyl adjacent to an activating group) is 2. The first kappa shape index (κ1) is 14.5. The molecule has 1 heterocycles. The summed E-state index contributed by atoms with van der Waals surface area (Å²) < 4.78 is 0. The van der Waals surface area contributed by atoms with Crippen LogP contribution in [0.3, 0.4) is 0 Å². The van der Waals surface area contributed by atoms with E-state index in [1.165, 1.54) is 32.1 Å². The zero-order chi connectivity index (χ0) is 13.7. The van der Waals surface area contributed by atoms with Crippen molar-refractivity contribution in [2.24, 2.45) is 0 Å². The molecule has 0 spiro atoms. The van der Waals surface area contributed by atoms with E-state index in [4.69, 9.17) is 11.6 Å². The Morgan fingerprint density at radius 3 is 2.63 bits per heavy atom. The maximum Gasteiger partial charge on any atom is 0.150 e. The zero-order valence-electron chi connectivity index (χ0n) is 11.8. The third-order valence-corrected chi connectivity index (χ3v) is 4.26. The van der Waals surface area contributed by atoms with Crippen molar-refractivity contribution in [1.82, 2.24) is 14.9 Å². The van der Waals surface area contributed by atoms with Gasteiger partial charge in [0, 0.05) is 26.2 Å². The molecule has 1 fully saturated rings. The highest BCUT2D eigenvalue weighted by Gasteiger charge is 2.18. The van der Waals surface area contributed by atoms with Crippen LogP contribution >= 0.6 is 11.6 Å². The van der Waals surface area contributed by atoms with Gasteiger partial charge in [0.05, 0.1) is 6.20 Å². The average Bonchev–Trinajstić information content (AvgIpc) is 2.46. The minimum atomic E-state index is 0.616. The first-order valence-electron chi connectivity index (χ1n) is 7.05. The molecule has 1 aromatic heterocycles. The Kier molecular flexibility index (Phi) is 5.40. The monoisotopic (exact) mass is 282 g/mol. The molecule has 0 aromatic carbocycles. The third-order valence-electron chi connectivity index (χ3n) is 4.00. The van der Waals surface area contributed by atoms with E-state index in [2.05, 4.69) is 26.8 Å². The van der Waals surface area contributed by atoms with Crippen molar-refractivity contribution in [2.45, 2.75) is 38.1 Å². The van der Waals surface area contributed by atoms with E-state index < -0.39 is 0 Å². The van der Waals surface area contributed by atoms with Crippen molar-refractivity contribution in [3.8, 4) is 0 Å². The molecule has 0 aliphatic heterocycles. The second-order valence-electron chi connectivity index (χ2n) is 5.39. The summed E-state index contributed by atoms with van der Waals surface area (Å²) in [5.41, 5.74) is 0. The van der Waals surface area contributed by atoms with Gasteiger partial charge in [-0.3, -0.25) is 0 Å². The molecule has 0 saturated heterocycles. The molecule has 106 valence electrons.